The third-order valence-corrected chi connectivity index (χ3v) is 3.74. The minimum atomic E-state index is -0.408. The number of Topliss-reactive ketones (excluding diaryl/α,β-unsaturated/α-hetero) is 1. The van der Waals surface area contributed by atoms with Crippen LogP contribution in [0, 0.1) is 11.6 Å². The van der Waals surface area contributed by atoms with Crippen LogP contribution in [-0.4, -0.2) is 22.4 Å². The van der Waals surface area contributed by atoms with Crippen LogP contribution in [0.3, 0.4) is 0 Å². The smallest absolute Gasteiger partial charge is 0.217 e. The number of aryl methyl sites for hydroxylation is 1. The van der Waals surface area contributed by atoms with Gasteiger partial charge in [-0.2, -0.15) is 4.98 Å². The number of ether oxygens (including phenoxy) is 1. The molecule has 0 aliphatic rings. The first-order valence-electron chi connectivity index (χ1n) is 8.10. The maximum absolute atomic E-state index is 13.1. The monoisotopic (exact) mass is 354 g/mol. The van der Waals surface area contributed by atoms with Crippen LogP contribution < -0.4 is 4.74 Å². The Kier molecular flexibility index (Phi) is 5.31. The Bertz CT molecular complexity index is 910. The number of hydrogen-bond donors (Lipinski definition) is 0. The van der Waals surface area contributed by atoms with Gasteiger partial charge in [-0.3, -0.25) is 4.79 Å². The first-order valence-corrected chi connectivity index (χ1v) is 8.10. The van der Waals surface area contributed by atoms with Crippen LogP contribution >= 0.6 is 0 Å². The molecule has 0 saturated heterocycles. The molecule has 0 spiro atoms. The van der Waals surface area contributed by atoms with Crippen molar-refractivity contribution < 1.29 is 18.3 Å². The van der Waals surface area contributed by atoms with Gasteiger partial charge in [-0.25, -0.2) is 13.8 Å². The Balaban J connectivity index is 1.78. The van der Waals surface area contributed by atoms with Gasteiger partial charge in [0, 0.05) is 22.9 Å². The Hall–Kier alpha value is -3.15. The van der Waals surface area contributed by atoms with Crippen molar-refractivity contribution in [3.63, 3.8) is 0 Å². The number of halogens is 2. The van der Waals surface area contributed by atoms with E-state index in [1.54, 1.807) is 18.2 Å². The molecule has 26 heavy (non-hydrogen) atoms. The number of rotatable bonds is 6. The number of hydrogen-bond acceptors (Lipinski definition) is 4. The summed E-state index contributed by atoms with van der Waals surface area (Å²) in [6.07, 6.45) is 0.652. The summed E-state index contributed by atoms with van der Waals surface area (Å²) in [5, 5.41) is 0. The van der Waals surface area contributed by atoms with E-state index in [1.165, 1.54) is 36.4 Å². The molecule has 0 bridgehead atoms. The Morgan fingerprint density at radius 1 is 0.962 bits per heavy atom. The summed E-state index contributed by atoms with van der Waals surface area (Å²) >= 11 is 0. The lowest BCUT2D eigenvalue weighted by Crippen LogP contribution is -2.13. The maximum Gasteiger partial charge on any atom is 0.217 e. The minimum absolute atomic E-state index is 0.228. The van der Waals surface area contributed by atoms with Crippen LogP contribution in [0.5, 0.6) is 5.88 Å². The average molecular weight is 354 g/mol. The topological polar surface area (TPSA) is 52.1 Å². The third-order valence-electron chi connectivity index (χ3n) is 3.74. The van der Waals surface area contributed by atoms with E-state index in [-0.39, 0.29) is 24.1 Å². The molecule has 0 amide bonds. The quantitative estimate of drug-likeness (QED) is 0.621. The standard InChI is InChI=1S/C20H16F2N2O2/c1-2-17-11-19(24-20(23-17)14-5-9-16(22)10-6-14)26-12-18(25)13-3-7-15(21)8-4-13/h3-11H,2,12H2,1H3. The highest BCUT2D eigenvalue weighted by Crippen LogP contribution is 2.20. The van der Waals surface area contributed by atoms with Crippen LogP contribution in [0.25, 0.3) is 11.4 Å². The molecule has 0 atom stereocenters. The Morgan fingerprint density at radius 2 is 1.58 bits per heavy atom. The lowest BCUT2D eigenvalue weighted by Gasteiger charge is -2.09. The van der Waals surface area contributed by atoms with Gasteiger partial charge in [0.25, 0.3) is 0 Å². The van der Waals surface area contributed by atoms with E-state index >= 15 is 0 Å². The molecule has 0 saturated carbocycles. The number of carbonyl (C=O) groups excluding carboxylic acids is 1. The van der Waals surface area contributed by atoms with Crippen molar-refractivity contribution in [2.75, 3.05) is 6.61 Å². The highest BCUT2D eigenvalue weighted by Gasteiger charge is 2.11. The van der Waals surface area contributed by atoms with Crippen LogP contribution in [0.2, 0.25) is 0 Å². The normalized spacial score (nSPS) is 10.6. The van der Waals surface area contributed by atoms with Gasteiger partial charge in [-0.05, 0) is 55.0 Å². The van der Waals surface area contributed by atoms with Gasteiger partial charge in [-0.1, -0.05) is 6.92 Å². The molecule has 0 aliphatic carbocycles. The van der Waals surface area contributed by atoms with E-state index in [9.17, 15) is 13.6 Å². The highest BCUT2D eigenvalue weighted by molar-refractivity contribution is 5.97. The van der Waals surface area contributed by atoms with E-state index in [4.69, 9.17) is 4.74 Å². The molecule has 1 aromatic heterocycles. The molecule has 6 heteroatoms. The van der Waals surface area contributed by atoms with Crippen molar-refractivity contribution in [1.29, 1.82) is 0 Å². The van der Waals surface area contributed by atoms with E-state index in [0.29, 0.717) is 23.4 Å². The van der Waals surface area contributed by atoms with Gasteiger partial charge >= 0.3 is 0 Å². The average Bonchev–Trinajstić information content (AvgIpc) is 2.67. The molecule has 0 fully saturated rings. The molecular formula is C20H16F2N2O2. The lowest BCUT2D eigenvalue weighted by atomic mass is 10.1. The molecule has 0 N–H and O–H groups in total. The van der Waals surface area contributed by atoms with Gasteiger partial charge in [0.05, 0.1) is 0 Å². The molecule has 2 aromatic carbocycles. The van der Waals surface area contributed by atoms with Crippen molar-refractivity contribution in [2.24, 2.45) is 0 Å². The summed E-state index contributed by atoms with van der Waals surface area (Å²) in [7, 11) is 0. The summed E-state index contributed by atoms with van der Waals surface area (Å²) in [4.78, 5) is 20.8. The van der Waals surface area contributed by atoms with E-state index < -0.39 is 5.82 Å². The van der Waals surface area contributed by atoms with Gasteiger partial charge < -0.3 is 4.74 Å². The van der Waals surface area contributed by atoms with Crippen molar-refractivity contribution in [3.8, 4) is 17.3 Å². The van der Waals surface area contributed by atoms with Crippen LogP contribution in [0.1, 0.15) is 23.0 Å². The number of ketones is 1. The molecule has 1 heterocycles. The second kappa shape index (κ2) is 7.82. The van der Waals surface area contributed by atoms with Gasteiger partial charge in [0.1, 0.15) is 11.6 Å². The number of nitrogens with zero attached hydrogens (tertiary/aromatic N) is 2. The Labute approximate surface area is 149 Å². The second-order valence-corrected chi connectivity index (χ2v) is 5.60. The Morgan fingerprint density at radius 3 is 2.19 bits per heavy atom. The fraction of sp³-hybridized carbons (Fsp3) is 0.150. The van der Waals surface area contributed by atoms with Crippen LogP contribution in [0.4, 0.5) is 8.78 Å². The largest absolute Gasteiger partial charge is 0.469 e. The van der Waals surface area contributed by atoms with Gasteiger partial charge in [0.2, 0.25) is 5.88 Å². The summed E-state index contributed by atoms with van der Waals surface area (Å²) in [5.41, 5.74) is 1.75. The lowest BCUT2D eigenvalue weighted by molar-refractivity contribution is 0.0918. The zero-order chi connectivity index (χ0) is 18.5. The molecule has 4 nitrogen and oxygen atoms in total. The predicted octanol–water partition coefficient (Wildman–Crippen LogP) is 4.25. The number of aromatic nitrogens is 2. The van der Waals surface area contributed by atoms with Gasteiger partial charge in [-0.15, -0.1) is 0 Å². The van der Waals surface area contributed by atoms with Crippen molar-refractivity contribution >= 4 is 5.78 Å². The van der Waals surface area contributed by atoms with Crippen molar-refractivity contribution in [2.45, 2.75) is 13.3 Å². The SMILES string of the molecule is CCc1cc(OCC(=O)c2ccc(F)cc2)nc(-c2ccc(F)cc2)n1. The number of carbonyl (C=O) groups is 1. The van der Waals surface area contributed by atoms with Crippen LogP contribution in [0.15, 0.2) is 54.6 Å². The summed E-state index contributed by atoms with van der Waals surface area (Å²) in [6, 6.07) is 12.7. The fourth-order valence-corrected chi connectivity index (χ4v) is 2.31. The fourth-order valence-electron chi connectivity index (χ4n) is 2.31. The van der Waals surface area contributed by atoms with Crippen molar-refractivity contribution in [3.05, 3.63) is 77.5 Å². The second-order valence-electron chi connectivity index (χ2n) is 5.60. The summed E-state index contributed by atoms with van der Waals surface area (Å²) in [6.45, 7) is 1.71. The first-order chi connectivity index (χ1) is 12.5. The molecule has 0 radical (unpaired) electrons. The summed E-state index contributed by atoms with van der Waals surface area (Å²) < 4.78 is 31.5. The molecule has 3 rings (SSSR count). The van der Waals surface area contributed by atoms with Gasteiger partial charge in [0.15, 0.2) is 18.2 Å². The minimum Gasteiger partial charge on any atom is -0.469 e. The van der Waals surface area contributed by atoms with Crippen molar-refractivity contribution in [1.82, 2.24) is 9.97 Å². The third kappa shape index (κ3) is 4.27. The highest BCUT2D eigenvalue weighted by atomic mass is 19.1. The number of benzene rings is 2. The molecule has 0 aliphatic heterocycles. The van der Waals surface area contributed by atoms with E-state index in [1.807, 2.05) is 6.92 Å². The molecule has 132 valence electrons. The zero-order valence-electron chi connectivity index (χ0n) is 14.1. The predicted molar refractivity (Wildman–Crippen MR) is 93.0 cm³/mol. The first kappa shape index (κ1) is 17.7. The molecule has 3 aromatic rings. The molecule has 0 unspecified atom stereocenters. The zero-order valence-corrected chi connectivity index (χ0v) is 14.1. The maximum atomic E-state index is 13.1. The van der Waals surface area contributed by atoms with E-state index in [2.05, 4.69) is 9.97 Å². The summed E-state index contributed by atoms with van der Waals surface area (Å²) in [5.74, 6) is -0.387. The van der Waals surface area contributed by atoms with Crippen LogP contribution in [-0.2, 0) is 6.42 Å². The molecular weight excluding hydrogens is 338 g/mol. The van der Waals surface area contributed by atoms with E-state index in [0.717, 1.165) is 5.69 Å².